The van der Waals surface area contributed by atoms with Crippen molar-refractivity contribution in [2.24, 2.45) is 23.2 Å². The first-order chi connectivity index (χ1) is 13.5. The lowest BCUT2D eigenvalue weighted by molar-refractivity contribution is -0.138. The number of aliphatic carboxylic acids is 1. The number of nitrogens with zero attached hydrogens (tertiary/aromatic N) is 1. The minimum absolute atomic E-state index is 0.0503. The van der Waals surface area contributed by atoms with Crippen molar-refractivity contribution in [3.63, 3.8) is 0 Å². The highest BCUT2D eigenvalue weighted by Gasteiger charge is 2.45. The van der Waals surface area contributed by atoms with E-state index in [4.69, 9.17) is 0 Å². The Kier molecular flexibility index (Phi) is 6.14. The van der Waals surface area contributed by atoms with Gasteiger partial charge in [0.05, 0.1) is 12.0 Å². The third-order valence-electron chi connectivity index (χ3n) is 6.26. The molecule has 2 atom stereocenters. The summed E-state index contributed by atoms with van der Waals surface area (Å²) in [5.74, 6) is -1.59. The maximum Gasteiger partial charge on any atom is 0.314 e. The van der Waals surface area contributed by atoms with Crippen LogP contribution in [0, 0.1) is 40.3 Å². The molecular formula is C24H26FNO2. The smallest absolute Gasteiger partial charge is 0.314 e. The number of carboxylic acid groups (broad SMARTS) is 1. The van der Waals surface area contributed by atoms with Crippen molar-refractivity contribution < 1.29 is 14.3 Å². The molecule has 2 unspecified atom stereocenters. The summed E-state index contributed by atoms with van der Waals surface area (Å²) >= 11 is 0. The second-order valence-corrected chi connectivity index (χ2v) is 7.85. The van der Waals surface area contributed by atoms with Crippen molar-refractivity contribution in [3.8, 4) is 6.07 Å². The van der Waals surface area contributed by atoms with E-state index in [0.29, 0.717) is 17.1 Å². The summed E-state index contributed by atoms with van der Waals surface area (Å²) in [5.41, 5.74) is -0.164. The first-order valence-electron chi connectivity index (χ1n) is 9.93. The van der Waals surface area contributed by atoms with Gasteiger partial charge in [0.2, 0.25) is 0 Å². The number of nitriles is 1. The van der Waals surface area contributed by atoms with Crippen molar-refractivity contribution in [2.75, 3.05) is 0 Å². The van der Waals surface area contributed by atoms with Crippen molar-refractivity contribution in [1.82, 2.24) is 0 Å². The van der Waals surface area contributed by atoms with E-state index in [1.165, 1.54) is 6.07 Å². The van der Waals surface area contributed by atoms with Gasteiger partial charge < -0.3 is 5.11 Å². The van der Waals surface area contributed by atoms with E-state index < -0.39 is 23.1 Å². The van der Waals surface area contributed by atoms with Crippen molar-refractivity contribution in [1.29, 1.82) is 5.26 Å². The van der Waals surface area contributed by atoms with E-state index in [2.05, 4.69) is 12.6 Å². The standard InChI is InChI=1S/C24H26FNO2/c1-2-3-6-17-9-11-19(12-10-17)24(16-26)14-13-18(23(27)28)15-21(24)20-7-4-5-8-22(20)25/h2,4-5,7-8,13-15,17-19H,1,3,6,9-12H2,(H,27,28). The molecule has 2 aliphatic carbocycles. The number of halogens is 1. The van der Waals surface area contributed by atoms with Crippen LogP contribution in [0.25, 0.3) is 5.57 Å². The van der Waals surface area contributed by atoms with Crippen LogP contribution in [0.5, 0.6) is 0 Å². The molecule has 3 nitrogen and oxygen atoms in total. The summed E-state index contributed by atoms with van der Waals surface area (Å²) in [5, 5.41) is 19.7. The molecule has 0 spiro atoms. The number of allylic oxidation sites excluding steroid dienone is 3. The SMILES string of the molecule is C=CCCC1CCC(C2(C#N)C=CC(C(=O)O)C=C2c2ccccc2F)CC1. The highest BCUT2D eigenvalue weighted by atomic mass is 19.1. The fraction of sp³-hybridized carbons (Fsp3) is 0.417. The third-order valence-corrected chi connectivity index (χ3v) is 6.26. The highest BCUT2D eigenvalue weighted by molar-refractivity contribution is 5.84. The zero-order chi connectivity index (χ0) is 20.1. The lowest BCUT2D eigenvalue weighted by Gasteiger charge is -2.41. The van der Waals surface area contributed by atoms with Gasteiger partial charge in [-0.3, -0.25) is 4.79 Å². The Bertz CT molecular complexity index is 842. The molecule has 146 valence electrons. The average Bonchev–Trinajstić information content (AvgIpc) is 2.72. The van der Waals surface area contributed by atoms with Crippen LogP contribution in [-0.2, 0) is 4.79 Å². The van der Waals surface area contributed by atoms with Crippen molar-refractivity contribution >= 4 is 11.5 Å². The number of rotatable bonds is 6. The summed E-state index contributed by atoms with van der Waals surface area (Å²) in [4.78, 5) is 11.6. The zero-order valence-electron chi connectivity index (χ0n) is 16.0. The molecule has 1 aromatic rings. The quantitative estimate of drug-likeness (QED) is 0.639. The highest BCUT2D eigenvalue weighted by Crippen LogP contribution is 2.52. The van der Waals surface area contributed by atoms with Crippen LogP contribution < -0.4 is 0 Å². The third kappa shape index (κ3) is 3.80. The van der Waals surface area contributed by atoms with Crippen LogP contribution in [0.2, 0.25) is 0 Å². The number of hydrogen-bond donors (Lipinski definition) is 1. The first-order valence-corrected chi connectivity index (χ1v) is 9.93. The molecule has 28 heavy (non-hydrogen) atoms. The zero-order valence-corrected chi connectivity index (χ0v) is 16.0. The first kappa shape index (κ1) is 20.1. The molecule has 1 fully saturated rings. The van der Waals surface area contributed by atoms with E-state index in [0.717, 1.165) is 38.5 Å². The molecule has 0 aliphatic heterocycles. The molecule has 1 N–H and O–H groups in total. The van der Waals surface area contributed by atoms with Crippen LogP contribution >= 0.6 is 0 Å². The number of carboxylic acids is 1. The number of hydrogen-bond acceptors (Lipinski definition) is 2. The van der Waals surface area contributed by atoms with Gasteiger partial charge in [0.15, 0.2) is 0 Å². The normalized spacial score (nSPS) is 29.6. The second-order valence-electron chi connectivity index (χ2n) is 7.85. The summed E-state index contributed by atoms with van der Waals surface area (Å²) in [6, 6.07) is 8.78. The Balaban J connectivity index is 1.96. The Morgan fingerprint density at radius 3 is 2.64 bits per heavy atom. The summed E-state index contributed by atoms with van der Waals surface area (Å²) in [6.07, 6.45) is 12.7. The van der Waals surface area contributed by atoms with E-state index >= 15 is 0 Å². The summed E-state index contributed by atoms with van der Waals surface area (Å²) in [6.45, 7) is 3.79. The van der Waals surface area contributed by atoms with E-state index in [9.17, 15) is 19.6 Å². The van der Waals surface area contributed by atoms with Gasteiger partial charge in [0.1, 0.15) is 11.2 Å². The van der Waals surface area contributed by atoms with Gasteiger partial charge >= 0.3 is 5.97 Å². The average molecular weight is 379 g/mol. The lowest BCUT2D eigenvalue weighted by Crippen LogP contribution is -2.35. The van der Waals surface area contributed by atoms with Crippen LogP contribution in [0.3, 0.4) is 0 Å². The minimum Gasteiger partial charge on any atom is -0.481 e. The van der Waals surface area contributed by atoms with E-state index in [1.807, 2.05) is 6.08 Å². The molecule has 1 aromatic carbocycles. The molecule has 0 amide bonds. The van der Waals surface area contributed by atoms with Gasteiger partial charge in [0, 0.05) is 5.56 Å². The minimum atomic E-state index is -0.996. The Hall–Kier alpha value is -2.67. The van der Waals surface area contributed by atoms with Gasteiger partial charge in [0.25, 0.3) is 0 Å². The molecule has 0 heterocycles. The maximum atomic E-state index is 14.6. The molecule has 0 radical (unpaired) electrons. The topological polar surface area (TPSA) is 61.1 Å². The van der Waals surface area contributed by atoms with E-state index in [1.54, 1.807) is 36.4 Å². The predicted molar refractivity (Wildman–Crippen MR) is 108 cm³/mol. The lowest BCUT2D eigenvalue weighted by atomic mass is 9.60. The van der Waals surface area contributed by atoms with Gasteiger partial charge in [-0.25, -0.2) is 4.39 Å². The van der Waals surface area contributed by atoms with Crippen LogP contribution in [0.1, 0.15) is 44.1 Å². The van der Waals surface area contributed by atoms with Gasteiger partial charge in [-0.1, -0.05) is 55.3 Å². The van der Waals surface area contributed by atoms with Gasteiger partial charge in [-0.15, -0.1) is 6.58 Å². The monoisotopic (exact) mass is 379 g/mol. The van der Waals surface area contributed by atoms with Crippen molar-refractivity contribution in [3.05, 3.63) is 66.5 Å². The molecular weight excluding hydrogens is 353 g/mol. The molecule has 3 rings (SSSR count). The molecule has 2 aliphatic rings. The summed E-state index contributed by atoms with van der Waals surface area (Å²) in [7, 11) is 0. The summed E-state index contributed by atoms with van der Waals surface area (Å²) < 4.78 is 14.6. The second kappa shape index (κ2) is 8.56. The van der Waals surface area contributed by atoms with E-state index in [-0.39, 0.29) is 5.92 Å². The maximum absolute atomic E-state index is 14.6. The molecule has 0 saturated heterocycles. The molecule has 0 aromatic heterocycles. The molecule has 1 saturated carbocycles. The Morgan fingerprint density at radius 1 is 1.32 bits per heavy atom. The number of carbonyl (C=O) groups is 1. The fourth-order valence-corrected chi connectivity index (χ4v) is 4.67. The Labute approximate surface area is 165 Å². The fourth-order valence-electron chi connectivity index (χ4n) is 4.67. The molecule has 0 bridgehead atoms. The molecule has 4 heteroatoms. The van der Waals surface area contributed by atoms with Crippen molar-refractivity contribution in [2.45, 2.75) is 38.5 Å². The van der Waals surface area contributed by atoms with Crippen LogP contribution in [-0.4, -0.2) is 11.1 Å². The Morgan fingerprint density at radius 2 is 2.04 bits per heavy atom. The van der Waals surface area contributed by atoms with Crippen LogP contribution in [0.15, 0.2) is 55.1 Å². The number of benzene rings is 1. The van der Waals surface area contributed by atoms with Crippen LogP contribution in [0.4, 0.5) is 4.39 Å². The van der Waals surface area contributed by atoms with Gasteiger partial charge in [-0.2, -0.15) is 5.26 Å². The predicted octanol–water partition coefficient (Wildman–Crippen LogP) is 5.76. The largest absolute Gasteiger partial charge is 0.481 e. The van der Waals surface area contributed by atoms with Gasteiger partial charge in [-0.05, 0) is 49.2 Å².